The first-order valence-corrected chi connectivity index (χ1v) is 9.20. The maximum Gasteiger partial charge on any atom is 0.276 e. The van der Waals surface area contributed by atoms with Gasteiger partial charge in [0, 0.05) is 10.6 Å². The predicted octanol–water partition coefficient (Wildman–Crippen LogP) is 3.90. The quantitative estimate of drug-likeness (QED) is 0.707. The molecule has 1 N–H and O–H groups in total. The SMILES string of the molecule is O=S(=O)(Nn1ncc(Br)c1-c1ccc(Cl)cc1)c1ccccc1. The van der Waals surface area contributed by atoms with E-state index < -0.39 is 10.0 Å². The summed E-state index contributed by atoms with van der Waals surface area (Å²) in [6.07, 6.45) is 1.53. The van der Waals surface area contributed by atoms with Gasteiger partial charge in [-0.1, -0.05) is 41.9 Å². The average Bonchev–Trinajstić information content (AvgIpc) is 2.89. The number of aromatic nitrogens is 2. The van der Waals surface area contributed by atoms with Crippen LogP contribution in [0.25, 0.3) is 11.3 Å². The number of halogens is 2. The smallest absolute Gasteiger partial charge is 0.200 e. The van der Waals surface area contributed by atoms with Crippen molar-refractivity contribution in [1.82, 2.24) is 9.89 Å². The number of sulfonamides is 1. The summed E-state index contributed by atoms with van der Waals surface area (Å²) in [5.41, 5.74) is 1.36. The molecule has 0 bridgehead atoms. The minimum atomic E-state index is -3.74. The Balaban J connectivity index is 2.01. The van der Waals surface area contributed by atoms with E-state index in [1.54, 1.807) is 42.5 Å². The highest BCUT2D eigenvalue weighted by molar-refractivity contribution is 9.10. The standard InChI is InChI=1S/C15H11BrClN3O2S/c16-14-10-18-20(15(14)11-6-8-12(17)9-7-11)19-23(21,22)13-4-2-1-3-5-13/h1-10,19H. The lowest BCUT2D eigenvalue weighted by molar-refractivity contribution is 0.592. The normalized spacial score (nSPS) is 11.4. The number of nitrogens with one attached hydrogen (secondary N) is 1. The molecule has 0 amide bonds. The van der Waals surface area contributed by atoms with Crippen LogP contribution in [-0.2, 0) is 10.0 Å². The van der Waals surface area contributed by atoms with Crippen LogP contribution < -0.4 is 4.83 Å². The van der Waals surface area contributed by atoms with Crippen molar-refractivity contribution in [2.45, 2.75) is 4.90 Å². The van der Waals surface area contributed by atoms with Gasteiger partial charge in [0.2, 0.25) is 0 Å². The second-order valence-electron chi connectivity index (χ2n) is 4.67. The molecule has 0 spiro atoms. The third kappa shape index (κ3) is 3.41. The topological polar surface area (TPSA) is 64.0 Å². The van der Waals surface area contributed by atoms with Gasteiger partial charge in [-0.15, -0.1) is 0 Å². The summed E-state index contributed by atoms with van der Waals surface area (Å²) < 4.78 is 25.5. The Morgan fingerprint density at radius 3 is 2.35 bits per heavy atom. The van der Waals surface area contributed by atoms with E-state index in [1.165, 1.54) is 23.1 Å². The molecule has 118 valence electrons. The largest absolute Gasteiger partial charge is 0.276 e. The summed E-state index contributed by atoms with van der Waals surface area (Å²) in [4.78, 5) is 3.83. The predicted molar refractivity (Wildman–Crippen MR) is 93.4 cm³/mol. The Bertz CT molecular complexity index is 925. The Labute approximate surface area is 147 Å². The van der Waals surface area contributed by atoms with Crippen molar-refractivity contribution in [1.29, 1.82) is 0 Å². The summed E-state index contributed by atoms with van der Waals surface area (Å²) >= 11 is 9.28. The van der Waals surface area contributed by atoms with Gasteiger partial charge in [0.15, 0.2) is 0 Å². The van der Waals surface area contributed by atoms with Crippen molar-refractivity contribution >= 4 is 37.6 Å². The Morgan fingerprint density at radius 2 is 1.70 bits per heavy atom. The third-order valence-corrected chi connectivity index (χ3v) is 5.24. The first kappa shape index (κ1) is 16.0. The first-order valence-electron chi connectivity index (χ1n) is 6.55. The molecular weight excluding hydrogens is 402 g/mol. The van der Waals surface area contributed by atoms with Gasteiger partial charge >= 0.3 is 0 Å². The number of hydrogen-bond acceptors (Lipinski definition) is 3. The van der Waals surface area contributed by atoms with Crippen molar-refractivity contribution in [2.75, 3.05) is 4.83 Å². The monoisotopic (exact) mass is 411 g/mol. The number of nitrogens with zero attached hydrogens (tertiary/aromatic N) is 2. The van der Waals surface area contributed by atoms with Crippen LogP contribution in [0.5, 0.6) is 0 Å². The maximum atomic E-state index is 12.4. The van der Waals surface area contributed by atoms with Crippen molar-refractivity contribution in [3.8, 4) is 11.3 Å². The van der Waals surface area contributed by atoms with Crippen molar-refractivity contribution < 1.29 is 8.42 Å². The van der Waals surface area contributed by atoms with Crippen LogP contribution in [-0.4, -0.2) is 18.3 Å². The zero-order chi connectivity index (χ0) is 16.4. The van der Waals surface area contributed by atoms with E-state index in [9.17, 15) is 8.42 Å². The molecule has 0 aliphatic heterocycles. The van der Waals surface area contributed by atoms with Gasteiger partial charge in [0.05, 0.1) is 15.6 Å². The van der Waals surface area contributed by atoms with Gasteiger partial charge in [-0.25, -0.2) is 0 Å². The fourth-order valence-corrected chi connectivity index (χ4v) is 3.63. The van der Waals surface area contributed by atoms with Gasteiger partial charge in [-0.05, 0) is 40.2 Å². The van der Waals surface area contributed by atoms with Crippen LogP contribution in [0, 0.1) is 0 Å². The molecule has 0 radical (unpaired) electrons. The molecule has 3 aromatic rings. The minimum Gasteiger partial charge on any atom is -0.200 e. The number of hydrogen-bond donors (Lipinski definition) is 1. The summed E-state index contributed by atoms with van der Waals surface area (Å²) in [7, 11) is -3.74. The van der Waals surface area contributed by atoms with Crippen LogP contribution in [0.15, 0.2) is 70.2 Å². The van der Waals surface area contributed by atoms with E-state index in [-0.39, 0.29) is 4.90 Å². The summed E-state index contributed by atoms with van der Waals surface area (Å²) in [6, 6.07) is 15.1. The molecule has 2 aromatic carbocycles. The van der Waals surface area contributed by atoms with E-state index in [0.717, 1.165) is 5.56 Å². The summed E-state index contributed by atoms with van der Waals surface area (Å²) in [5.74, 6) is 0. The van der Waals surface area contributed by atoms with Crippen molar-refractivity contribution in [2.24, 2.45) is 0 Å². The molecule has 0 atom stereocenters. The van der Waals surface area contributed by atoms with E-state index in [4.69, 9.17) is 11.6 Å². The van der Waals surface area contributed by atoms with Gasteiger partial charge in [0.25, 0.3) is 10.0 Å². The molecule has 0 fully saturated rings. The first-order chi connectivity index (χ1) is 11.0. The highest BCUT2D eigenvalue weighted by atomic mass is 79.9. The molecular formula is C15H11BrClN3O2S. The van der Waals surface area contributed by atoms with E-state index in [2.05, 4.69) is 25.9 Å². The van der Waals surface area contributed by atoms with Crippen molar-refractivity contribution in [3.05, 3.63) is 70.3 Å². The molecule has 0 aliphatic rings. The molecule has 5 nitrogen and oxygen atoms in total. The minimum absolute atomic E-state index is 0.161. The Hall–Kier alpha value is -1.83. The molecule has 1 heterocycles. The lowest BCUT2D eigenvalue weighted by Gasteiger charge is -2.11. The molecule has 8 heteroatoms. The van der Waals surface area contributed by atoms with Gasteiger partial charge in [0.1, 0.15) is 5.69 Å². The Kier molecular flexibility index (Phi) is 4.43. The number of rotatable bonds is 4. The zero-order valence-electron chi connectivity index (χ0n) is 11.6. The fraction of sp³-hybridized carbons (Fsp3) is 0. The van der Waals surface area contributed by atoms with Gasteiger partial charge in [-0.2, -0.15) is 23.1 Å². The van der Waals surface area contributed by atoms with Crippen LogP contribution in [0.2, 0.25) is 5.02 Å². The van der Waals surface area contributed by atoms with E-state index in [1.807, 2.05) is 0 Å². The molecule has 0 saturated heterocycles. The van der Waals surface area contributed by atoms with Gasteiger partial charge < -0.3 is 0 Å². The fourth-order valence-electron chi connectivity index (χ4n) is 2.03. The van der Waals surface area contributed by atoms with Crippen LogP contribution in [0.1, 0.15) is 0 Å². The molecule has 0 aliphatic carbocycles. The number of benzene rings is 2. The van der Waals surface area contributed by atoms with Crippen LogP contribution in [0.4, 0.5) is 0 Å². The van der Waals surface area contributed by atoms with Crippen molar-refractivity contribution in [3.63, 3.8) is 0 Å². The molecule has 1 aromatic heterocycles. The average molecular weight is 413 g/mol. The van der Waals surface area contributed by atoms with Gasteiger partial charge in [-0.3, -0.25) is 0 Å². The molecule has 0 saturated carbocycles. The van der Waals surface area contributed by atoms with Crippen LogP contribution >= 0.6 is 27.5 Å². The zero-order valence-corrected chi connectivity index (χ0v) is 14.8. The second-order valence-corrected chi connectivity index (χ2v) is 7.62. The lowest BCUT2D eigenvalue weighted by Crippen LogP contribution is -2.25. The molecule has 3 rings (SSSR count). The second kappa shape index (κ2) is 6.35. The third-order valence-electron chi connectivity index (χ3n) is 3.10. The molecule has 23 heavy (non-hydrogen) atoms. The lowest BCUT2D eigenvalue weighted by atomic mass is 10.2. The summed E-state index contributed by atoms with van der Waals surface area (Å²) in [5, 5.41) is 4.67. The highest BCUT2D eigenvalue weighted by Gasteiger charge is 2.18. The maximum absolute atomic E-state index is 12.4. The highest BCUT2D eigenvalue weighted by Crippen LogP contribution is 2.28. The van der Waals surface area contributed by atoms with E-state index in [0.29, 0.717) is 15.2 Å². The Morgan fingerprint density at radius 1 is 1.04 bits per heavy atom. The summed E-state index contributed by atoms with van der Waals surface area (Å²) in [6.45, 7) is 0. The van der Waals surface area contributed by atoms with E-state index >= 15 is 0 Å². The molecule has 0 unspecified atom stereocenters. The van der Waals surface area contributed by atoms with Crippen LogP contribution in [0.3, 0.4) is 0 Å².